The average Bonchev–Trinajstić information content (AvgIpc) is 2.77. The molecule has 0 saturated carbocycles. The molecule has 1 aliphatic rings. The molecule has 1 aromatic carbocycles. The van der Waals surface area contributed by atoms with Crippen molar-refractivity contribution in [1.82, 2.24) is 9.80 Å². The molecule has 1 aromatic rings. The normalized spacial score (nSPS) is 14.2. The lowest BCUT2D eigenvalue weighted by Crippen LogP contribution is -2.46. The maximum atomic E-state index is 10.8. The number of carboxylic acids is 1. The van der Waals surface area contributed by atoms with Gasteiger partial charge in [-0.3, -0.25) is 9.69 Å². The molecule has 0 atom stereocenters. The van der Waals surface area contributed by atoms with E-state index in [2.05, 4.69) is 16.7 Å². The van der Waals surface area contributed by atoms with Gasteiger partial charge in [0.15, 0.2) is 11.5 Å². The summed E-state index contributed by atoms with van der Waals surface area (Å²) in [5, 5.41) is 8.87. The van der Waals surface area contributed by atoms with E-state index in [1.165, 1.54) is 38.6 Å². The van der Waals surface area contributed by atoms with E-state index in [1.54, 1.807) is 14.2 Å². The Labute approximate surface area is 211 Å². The van der Waals surface area contributed by atoms with Crippen LogP contribution in [-0.4, -0.2) is 74.4 Å². The van der Waals surface area contributed by atoms with Crippen molar-refractivity contribution in [3.63, 3.8) is 0 Å². The lowest BCUT2D eigenvalue weighted by molar-refractivity contribution is -0.137. The van der Waals surface area contributed by atoms with Crippen molar-refractivity contribution in [2.24, 2.45) is 0 Å². The van der Waals surface area contributed by atoms with Crippen molar-refractivity contribution in [2.75, 3.05) is 53.6 Å². The number of piperazine rings is 1. The number of unbranched alkanes of at least 4 members (excludes halogenated alkanes) is 4. The number of benzene rings is 1. The first-order valence-corrected chi connectivity index (χ1v) is 11.6. The van der Waals surface area contributed by atoms with Crippen molar-refractivity contribution >= 4 is 30.8 Å². The third kappa shape index (κ3) is 11.0. The van der Waals surface area contributed by atoms with E-state index < -0.39 is 5.97 Å². The molecule has 9 heteroatoms. The fourth-order valence-electron chi connectivity index (χ4n) is 3.97. The molecule has 0 aromatic heterocycles. The van der Waals surface area contributed by atoms with Gasteiger partial charge in [0.25, 0.3) is 0 Å². The molecule has 0 bridgehead atoms. The Morgan fingerprint density at radius 3 is 2.18 bits per heavy atom. The fraction of sp³-hybridized carbons (Fsp3) is 0.708. The zero-order valence-electron chi connectivity index (χ0n) is 20.3. The van der Waals surface area contributed by atoms with E-state index in [1.807, 2.05) is 12.1 Å². The molecular weight excluding hydrogens is 467 g/mol. The summed E-state index contributed by atoms with van der Waals surface area (Å²) in [6.45, 7) is 8.80. The van der Waals surface area contributed by atoms with Crippen LogP contribution in [0.2, 0.25) is 0 Å². The van der Waals surface area contributed by atoms with Crippen LogP contribution < -0.4 is 14.2 Å². The third-order valence-corrected chi connectivity index (χ3v) is 5.80. The number of hydrogen-bond donors (Lipinski definition) is 1. The van der Waals surface area contributed by atoms with Crippen LogP contribution in [0.3, 0.4) is 0 Å². The maximum Gasteiger partial charge on any atom is 0.303 e. The number of nitrogens with zero attached hydrogens (tertiary/aromatic N) is 2. The van der Waals surface area contributed by atoms with Gasteiger partial charge in [-0.15, -0.1) is 24.8 Å². The second kappa shape index (κ2) is 18.0. The van der Waals surface area contributed by atoms with Crippen molar-refractivity contribution in [3.8, 4) is 17.2 Å². The van der Waals surface area contributed by atoms with Crippen LogP contribution in [-0.2, 0) is 11.3 Å². The van der Waals surface area contributed by atoms with Gasteiger partial charge in [-0.1, -0.05) is 38.7 Å². The Morgan fingerprint density at radius 1 is 0.909 bits per heavy atom. The summed E-state index contributed by atoms with van der Waals surface area (Å²) in [4.78, 5) is 15.8. The maximum absolute atomic E-state index is 10.8. The van der Waals surface area contributed by atoms with Crippen LogP contribution in [0.25, 0.3) is 0 Å². The van der Waals surface area contributed by atoms with Crippen LogP contribution in [0.1, 0.15) is 57.4 Å². The van der Waals surface area contributed by atoms with E-state index in [-0.39, 0.29) is 31.2 Å². The smallest absolute Gasteiger partial charge is 0.303 e. The zero-order valence-corrected chi connectivity index (χ0v) is 22.0. The fourth-order valence-corrected chi connectivity index (χ4v) is 3.97. The number of carboxylic acid groups (broad SMARTS) is 1. The molecule has 0 aliphatic carbocycles. The predicted molar refractivity (Wildman–Crippen MR) is 137 cm³/mol. The summed E-state index contributed by atoms with van der Waals surface area (Å²) in [6, 6.07) is 3.93. The molecular formula is C24H42Cl2N2O5. The van der Waals surface area contributed by atoms with Crippen LogP contribution >= 0.6 is 24.8 Å². The molecule has 7 nitrogen and oxygen atoms in total. The minimum atomic E-state index is -0.815. The van der Waals surface area contributed by atoms with Crippen molar-refractivity contribution in [3.05, 3.63) is 17.7 Å². The highest BCUT2D eigenvalue weighted by Crippen LogP contribution is 2.40. The first-order valence-electron chi connectivity index (χ1n) is 11.6. The van der Waals surface area contributed by atoms with E-state index >= 15 is 0 Å². The number of ether oxygens (including phenoxy) is 3. The average molecular weight is 510 g/mol. The van der Waals surface area contributed by atoms with E-state index in [0.29, 0.717) is 30.3 Å². The topological polar surface area (TPSA) is 71.5 Å². The molecule has 0 unspecified atom stereocenters. The second-order valence-corrected chi connectivity index (χ2v) is 8.17. The molecule has 0 radical (unpaired) electrons. The second-order valence-electron chi connectivity index (χ2n) is 8.17. The van der Waals surface area contributed by atoms with Crippen LogP contribution in [0, 0.1) is 0 Å². The van der Waals surface area contributed by atoms with Gasteiger partial charge in [0.05, 0.1) is 20.8 Å². The SMILES string of the molecule is CCCCCCCN1CCN(Cc2ccc(OC)c(OC)c2OCCCC(=O)O)CC1.Cl.Cl. The molecule has 1 fully saturated rings. The summed E-state index contributed by atoms with van der Waals surface area (Å²) >= 11 is 0. The van der Waals surface area contributed by atoms with Gasteiger partial charge >= 0.3 is 5.97 Å². The van der Waals surface area contributed by atoms with Crippen molar-refractivity contribution < 1.29 is 24.1 Å². The summed E-state index contributed by atoms with van der Waals surface area (Å²) in [5.41, 5.74) is 1.04. The van der Waals surface area contributed by atoms with Crippen molar-refractivity contribution in [1.29, 1.82) is 0 Å². The van der Waals surface area contributed by atoms with Gasteiger partial charge in [0, 0.05) is 44.7 Å². The minimum Gasteiger partial charge on any atom is -0.493 e. The Balaban J connectivity index is 0.00000512. The quantitative estimate of drug-likeness (QED) is 0.338. The van der Waals surface area contributed by atoms with Gasteiger partial charge in [-0.2, -0.15) is 0 Å². The first kappa shape index (κ1) is 31.6. The highest BCUT2D eigenvalue weighted by molar-refractivity contribution is 5.85. The highest BCUT2D eigenvalue weighted by Gasteiger charge is 2.21. The van der Waals surface area contributed by atoms with Gasteiger partial charge in [0.2, 0.25) is 5.75 Å². The Hall–Kier alpha value is -1.41. The lowest BCUT2D eigenvalue weighted by Gasteiger charge is -2.35. The summed E-state index contributed by atoms with van der Waals surface area (Å²) < 4.78 is 17.0. The number of halogens is 2. The molecule has 192 valence electrons. The van der Waals surface area contributed by atoms with Crippen LogP contribution in [0.4, 0.5) is 0 Å². The predicted octanol–water partition coefficient (Wildman–Crippen LogP) is 4.88. The molecule has 1 aliphatic heterocycles. The molecule has 0 amide bonds. The van der Waals surface area contributed by atoms with Crippen molar-refractivity contribution in [2.45, 2.75) is 58.4 Å². The number of aliphatic carboxylic acids is 1. The molecule has 0 spiro atoms. The van der Waals surface area contributed by atoms with Crippen LogP contribution in [0.15, 0.2) is 12.1 Å². The monoisotopic (exact) mass is 508 g/mol. The number of methoxy groups -OCH3 is 2. The standard InChI is InChI=1S/C24H40N2O5.2ClH/c1-4-5-6-7-8-13-25-14-16-26(17-15-25)19-20-11-12-21(29-2)24(30-3)23(20)31-18-9-10-22(27)28;;/h11-12H,4-10,13-19H2,1-3H3,(H,27,28);2*1H. The summed E-state index contributed by atoms with van der Waals surface area (Å²) in [7, 11) is 3.21. The summed E-state index contributed by atoms with van der Waals surface area (Å²) in [5.74, 6) is 1.03. The highest BCUT2D eigenvalue weighted by atomic mass is 35.5. The van der Waals surface area contributed by atoms with E-state index in [4.69, 9.17) is 19.3 Å². The van der Waals surface area contributed by atoms with Gasteiger partial charge < -0.3 is 24.2 Å². The Bertz CT molecular complexity index is 670. The Morgan fingerprint density at radius 2 is 1.58 bits per heavy atom. The van der Waals surface area contributed by atoms with E-state index in [9.17, 15) is 4.79 Å². The molecule has 2 rings (SSSR count). The molecule has 1 heterocycles. The van der Waals surface area contributed by atoms with E-state index in [0.717, 1.165) is 38.3 Å². The molecule has 1 saturated heterocycles. The minimum absolute atomic E-state index is 0. The molecule has 33 heavy (non-hydrogen) atoms. The lowest BCUT2D eigenvalue weighted by atomic mass is 10.1. The zero-order chi connectivity index (χ0) is 22.5. The number of carbonyl (C=O) groups is 1. The van der Waals surface area contributed by atoms with Gasteiger partial charge in [0.1, 0.15) is 0 Å². The third-order valence-electron chi connectivity index (χ3n) is 5.80. The first-order chi connectivity index (χ1) is 15.1. The van der Waals surface area contributed by atoms with Crippen LogP contribution in [0.5, 0.6) is 17.2 Å². The molecule has 1 N–H and O–H groups in total. The van der Waals surface area contributed by atoms with Gasteiger partial charge in [-0.25, -0.2) is 0 Å². The number of hydrogen-bond acceptors (Lipinski definition) is 6. The number of rotatable bonds is 15. The Kier molecular flexibility index (Phi) is 17.2. The van der Waals surface area contributed by atoms with Gasteiger partial charge in [-0.05, 0) is 25.5 Å². The largest absolute Gasteiger partial charge is 0.493 e. The summed E-state index contributed by atoms with van der Waals surface area (Å²) in [6.07, 6.45) is 7.16.